The first-order valence-corrected chi connectivity index (χ1v) is 7.43. The molecule has 1 unspecified atom stereocenters. The van der Waals surface area contributed by atoms with Crippen LogP contribution in [0.1, 0.15) is 29.9 Å². The van der Waals surface area contributed by atoms with Crippen LogP contribution in [0, 0.1) is 22.7 Å². The second-order valence-corrected chi connectivity index (χ2v) is 5.09. The first kappa shape index (κ1) is 16.4. The lowest BCUT2D eigenvalue weighted by atomic mass is 9.94. The number of rotatable bonds is 7. The number of hydrogen-bond acceptors (Lipinski definition) is 4. The molecule has 0 spiro atoms. The van der Waals surface area contributed by atoms with Crippen LogP contribution in [0.3, 0.4) is 0 Å². The number of ether oxygens (including phenoxy) is 2. The minimum absolute atomic E-state index is 0.225. The van der Waals surface area contributed by atoms with Gasteiger partial charge in [-0.2, -0.15) is 10.5 Å². The first-order chi connectivity index (χ1) is 11.3. The molecule has 23 heavy (non-hydrogen) atoms. The van der Waals surface area contributed by atoms with Gasteiger partial charge in [-0.05, 0) is 42.7 Å². The van der Waals surface area contributed by atoms with Crippen LogP contribution >= 0.6 is 0 Å². The van der Waals surface area contributed by atoms with E-state index in [0.29, 0.717) is 18.6 Å². The molecule has 0 heterocycles. The molecule has 0 aliphatic heterocycles. The van der Waals surface area contributed by atoms with Crippen molar-refractivity contribution in [3.8, 4) is 23.6 Å². The van der Waals surface area contributed by atoms with Crippen molar-refractivity contribution in [1.29, 1.82) is 10.5 Å². The van der Waals surface area contributed by atoms with E-state index in [9.17, 15) is 5.26 Å². The molecule has 0 fully saturated rings. The number of methoxy groups -OCH3 is 1. The Hall–Kier alpha value is -2.98. The molecule has 4 nitrogen and oxygen atoms in total. The largest absolute Gasteiger partial charge is 0.497 e. The molecule has 0 aliphatic rings. The highest BCUT2D eigenvalue weighted by Gasteiger charge is 2.11. The Morgan fingerprint density at radius 1 is 1.04 bits per heavy atom. The minimum atomic E-state index is -0.225. The summed E-state index contributed by atoms with van der Waals surface area (Å²) in [6.45, 7) is 0.531. The maximum absolute atomic E-state index is 9.34. The van der Waals surface area contributed by atoms with Gasteiger partial charge in [-0.3, -0.25) is 0 Å². The molecule has 2 aromatic carbocycles. The summed E-state index contributed by atoms with van der Waals surface area (Å²) >= 11 is 0. The number of nitrogens with zero attached hydrogens (tertiary/aromatic N) is 2. The third kappa shape index (κ3) is 4.76. The maximum Gasteiger partial charge on any atom is 0.122 e. The Balaban J connectivity index is 1.86. The Labute approximate surface area is 136 Å². The summed E-state index contributed by atoms with van der Waals surface area (Å²) in [7, 11) is 1.62. The van der Waals surface area contributed by atoms with Crippen LogP contribution in [0.15, 0.2) is 48.5 Å². The first-order valence-electron chi connectivity index (χ1n) is 7.43. The van der Waals surface area contributed by atoms with Gasteiger partial charge in [0.25, 0.3) is 0 Å². The SMILES string of the molecule is COc1cccc(OCCCC(C#N)c2cccc(C#N)c2)c1. The molecule has 0 saturated heterocycles. The quantitative estimate of drug-likeness (QED) is 0.724. The van der Waals surface area contributed by atoms with E-state index in [4.69, 9.17) is 14.7 Å². The zero-order valence-electron chi connectivity index (χ0n) is 13.0. The highest BCUT2D eigenvalue weighted by Crippen LogP contribution is 2.23. The maximum atomic E-state index is 9.34. The molecule has 116 valence electrons. The molecule has 0 amide bonds. The van der Waals surface area contributed by atoms with Crippen LogP contribution in [-0.4, -0.2) is 13.7 Å². The molecule has 0 N–H and O–H groups in total. The van der Waals surface area contributed by atoms with Gasteiger partial charge in [0.2, 0.25) is 0 Å². The van der Waals surface area contributed by atoms with Crippen molar-refractivity contribution in [1.82, 2.24) is 0 Å². The summed E-state index contributed by atoms with van der Waals surface area (Å²) in [5.74, 6) is 1.28. The van der Waals surface area contributed by atoms with Crippen LogP contribution in [0.5, 0.6) is 11.5 Å². The van der Waals surface area contributed by atoms with Crippen LogP contribution in [0.2, 0.25) is 0 Å². The van der Waals surface area contributed by atoms with Crippen LogP contribution < -0.4 is 9.47 Å². The molecule has 2 aromatic rings. The molecule has 0 bridgehead atoms. The van der Waals surface area contributed by atoms with E-state index in [1.54, 1.807) is 19.2 Å². The topological polar surface area (TPSA) is 66.0 Å². The molecule has 0 saturated carbocycles. The Bertz CT molecular complexity index is 729. The van der Waals surface area contributed by atoms with Gasteiger partial charge in [-0.25, -0.2) is 0 Å². The lowest BCUT2D eigenvalue weighted by molar-refractivity contribution is 0.302. The molecular formula is C19H18N2O2. The highest BCUT2D eigenvalue weighted by atomic mass is 16.5. The third-order valence-corrected chi connectivity index (χ3v) is 3.52. The molecular weight excluding hydrogens is 288 g/mol. The summed E-state index contributed by atoms with van der Waals surface area (Å²) in [6.07, 6.45) is 1.45. The van der Waals surface area contributed by atoms with Crippen LogP contribution in [0.25, 0.3) is 0 Å². The van der Waals surface area contributed by atoms with Crippen molar-refractivity contribution in [2.45, 2.75) is 18.8 Å². The van der Waals surface area contributed by atoms with Crippen molar-refractivity contribution < 1.29 is 9.47 Å². The van der Waals surface area contributed by atoms with Crippen molar-refractivity contribution in [3.63, 3.8) is 0 Å². The predicted octanol–water partition coefficient (Wildman–Crippen LogP) is 4.03. The van der Waals surface area contributed by atoms with Crippen LogP contribution in [0.4, 0.5) is 0 Å². The lowest BCUT2D eigenvalue weighted by Crippen LogP contribution is -2.02. The summed E-state index contributed by atoms with van der Waals surface area (Å²) in [4.78, 5) is 0. The fourth-order valence-corrected chi connectivity index (χ4v) is 2.30. The van der Waals surface area contributed by atoms with Crippen molar-refractivity contribution in [2.75, 3.05) is 13.7 Å². The van der Waals surface area contributed by atoms with E-state index in [1.165, 1.54) is 0 Å². The normalized spacial score (nSPS) is 11.1. The fourth-order valence-electron chi connectivity index (χ4n) is 2.30. The second kappa shape index (κ2) is 8.46. The Morgan fingerprint density at radius 2 is 1.83 bits per heavy atom. The van der Waals surface area contributed by atoms with Crippen molar-refractivity contribution in [2.24, 2.45) is 0 Å². The number of benzene rings is 2. The van der Waals surface area contributed by atoms with E-state index >= 15 is 0 Å². The molecule has 0 radical (unpaired) electrons. The molecule has 0 aliphatic carbocycles. The van der Waals surface area contributed by atoms with Crippen molar-refractivity contribution >= 4 is 0 Å². The molecule has 0 aromatic heterocycles. The summed E-state index contributed by atoms with van der Waals surface area (Å²) in [6, 6.07) is 19.1. The monoisotopic (exact) mass is 306 g/mol. The van der Waals surface area contributed by atoms with Gasteiger partial charge >= 0.3 is 0 Å². The summed E-state index contributed by atoms with van der Waals surface area (Å²) in [5.41, 5.74) is 1.46. The van der Waals surface area contributed by atoms with E-state index in [0.717, 1.165) is 23.5 Å². The van der Waals surface area contributed by atoms with E-state index in [1.807, 2.05) is 36.4 Å². The van der Waals surface area contributed by atoms with Gasteiger partial charge in [0.15, 0.2) is 0 Å². The lowest BCUT2D eigenvalue weighted by Gasteiger charge is -2.11. The summed E-state index contributed by atoms with van der Waals surface area (Å²) < 4.78 is 10.8. The van der Waals surface area contributed by atoms with Crippen molar-refractivity contribution in [3.05, 3.63) is 59.7 Å². The molecule has 2 rings (SSSR count). The molecule has 1 atom stereocenters. The number of nitriles is 2. The fraction of sp³-hybridized carbons (Fsp3) is 0.263. The number of hydrogen-bond donors (Lipinski definition) is 0. The predicted molar refractivity (Wildman–Crippen MR) is 87.2 cm³/mol. The van der Waals surface area contributed by atoms with Gasteiger partial charge in [0.05, 0.1) is 37.3 Å². The zero-order valence-corrected chi connectivity index (χ0v) is 13.0. The van der Waals surface area contributed by atoms with Gasteiger partial charge in [-0.1, -0.05) is 18.2 Å². The highest BCUT2D eigenvalue weighted by molar-refractivity contribution is 5.36. The van der Waals surface area contributed by atoms with Gasteiger partial charge in [-0.15, -0.1) is 0 Å². The average molecular weight is 306 g/mol. The van der Waals surface area contributed by atoms with E-state index in [2.05, 4.69) is 12.1 Å². The zero-order chi connectivity index (χ0) is 16.5. The average Bonchev–Trinajstić information content (AvgIpc) is 2.62. The van der Waals surface area contributed by atoms with E-state index < -0.39 is 0 Å². The van der Waals surface area contributed by atoms with Gasteiger partial charge in [0, 0.05) is 6.07 Å². The Kier molecular flexibility index (Phi) is 6.03. The smallest absolute Gasteiger partial charge is 0.122 e. The Morgan fingerprint density at radius 3 is 2.57 bits per heavy atom. The minimum Gasteiger partial charge on any atom is -0.497 e. The summed E-state index contributed by atoms with van der Waals surface area (Å²) in [5, 5.41) is 18.3. The van der Waals surface area contributed by atoms with Crippen LogP contribution in [-0.2, 0) is 0 Å². The second-order valence-electron chi connectivity index (χ2n) is 5.09. The van der Waals surface area contributed by atoms with E-state index in [-0.39, 0.29) is 5.92 Å². The van der Waals surface area contributed by atoms with Gasteiger partial charge in [0.1, 0.15) is 11.5 Å². The molecule has 4 heteroatoms. The van der Waals surface area contributed by atoms with Gasteiger partial charge < -0.3 is 9.47 Å². The third-order valence-electron chi connectivity index (χ3n) is 3.52. The standard InChI is InChI=1S/C19H18N2O2/c1-22-18-8-3-9-19(12-18)23-10-4-7-17(14-21)16-6-2-5-15(11-16)13-20/h2-3,5-6,8-9,11-12,17H,4,7,10H2,1H3.